The van der Waals surface area contributed by atoms with Gasteiger partial charge in [0.05, 0.1) is 17.1 Å². The van der Waals surface area contributed by atoms with Gasteiger partial charge < -0.3 is 15.8 Å². The molecule has 4 rings (SSSR count). The molecular weight excluding hydrogens is 523 g/mol. The van der Waals surface area contributed by atoms with Gasteiger partial charge >= 0.3 is 6.18 Å². The summed E-state index contributed by atoms with van der Waals surface area (Å²) in [5.41, 5.74) is 2.74. The molecule has 0 saturated heterocycles. The molecule has 0 fully saturated rings. The molecule has 0 aliphatic carbocycles. The van der Waals surface area contributed by atoms with E-state index in [0.29, 0.717) is 27.6 Å². The standard InChI is InChI=1S/C20H17ClF4N6O.2ClH/c1-18(8-32-19(2,17(26)31-18)20(23,24)25)12-6-11(3-4-13(12)22)30-16-15-14(28-9-29-16)5-10(21)7-27-15;;/h3-7,9H,8H2,1-2H3,(H2,26,31)(H,28,29,30);2*1H/t18-,19+;;/m0../s1. The number of fused-ring (bicyclic) bond motifs is 1. The quantitative estimate of drug-likeness (QED) is 0.435. The van der Waals surface area contributed by atoms with Gasteiger partial charge in [0.25, 0.3) is 0 Å². The highest BCUT2D eigenvalue weighted by Crippen LogP contribution is 2.41. The van der Waals surface area contributed by atoms with Crippen molar-refractivity contribution in [3.63, 3.8) is 0 Å². The third-order valence-electron chi connectivity index (χ3n) is 5.29. The minimum atomic E-state index is -4.77. The molecular formula is C20H19Cl3F4N6O. The lowest BCUT2D eigenvalue weighted by Gasteiger charge is -2.41. The summed E-state index contributed by atoms with van der Waals surface area (Å²) < 4.78 is 59.9. The van der Waals surface area contributed by atoms with Gasteiger partial charge in [-0.25, -0.2) is 19.3 Å². The lowest BCUT2D eigenvalue weighted by atomic mass is 9.89. The number of ether oxygens (including phenoxy) is 1. The van der Waals surface area contributed by atoms with Crippen LogP contribution in [-0.2, 0) is 10.3 Å². The van der Waals surface area contributed by atoms with E-state index >= 15 is 0 Å². The summed E-state index contributed by atoms with van der Waals surface area (Å²) in [6.07, 6.45) is -2.02. The number of rotatable bonds is 3. The fourth-order valence-corrected chi connectivity index (χ4v) is 3.44. The number of amidine groups is 1. The highest BCUT2D eigenvalue weighted by Gasteiger charge is 2.59. The van der Waals surface area contributed by atoms with Crippen LogP contribution in [-0.4, -0.2) is 39.2 Å². The van der Waals surface area contributed by atoms with Crippen LogP contribution in [0.3, 0.4) is 0 Å². The fraction of sp³-hybridized carbons (Fsp3) is 0.300. The molecule has 0 radical (unpaired) electrons. The van der Waals surface area contributed by atoms with Crippen LogP contribution in [0.4, 0.5) is 29.1 Å². The van der Waals surface area contributed by atoms with Crippen LogP contribution in [0.25, 0.3) is 11.0 Å². The van der Waals surface area contributed by atoms with Crippen LogP contribution < -0.4 is 11.1 Å². The lowest BCUT2D eigenvalue weighted by molar-refractivity contribution is -0.249. The maximum absolute atomic E-state index is 14.7. The van der Waals surface area contributed by atoms with Gasteiger partial charge in [0.15, 0.2) is 5.82 Å². The fourth-order valence-electron chi connectivity index (χ4n) is 3.29. The number of alkyl halides is 3. The van der Waals surface area contributed by atoms with E-state index in [2.05, 4.69) is 25.3 Å². The van der Waals surface area contributed by atoms with Crippen molar-refractivity contribution in [2.75, 3.05) is 11.9 Å². The number of nitrogens with two attached hydrogens (primary N) is 1. The maximum atomic E-state index is 14.7. The van der Waals surface area contributed by atoms with Crippen molar-refractivity contribution in [1.82, 2.24) is 15.0 Å². The van der Waals surface area contributed by atoms with Crippen molar-refractivity contribution in [2.24, 2.45) is 10.7 Å². The summed E-state index contributed by atoms with van der Waals surface area (Å²) >= 11 is 5.94. The second kappa shape index (κ2) is 9.65. The van der Waals surface area contributed by atoms with Crippen LogP contribution in [0.2, 0.25) is 5.02 Å². The SMILES string of the molecule is C[C@@]1(c2cc(Nc3ncnc4cc(Cl)cnc34)ccc2F)CO[C@@](C)(C(F)(F)F)C(N)=N1.Cl.Cl. The predicted octanol–water partition coefficient (Wildman–Crippen LogP) is 5.33. The molecule has 0 spiro atoms. The summed E-state index contributed by atoms with van der Waals surface area (Å²) in [5, 5.41) is 3.42. The molecule has 7 nitrogen and oxygen atoms in total. The number of benzene rings is 1. The van der Waals surface area contributed by atoms with E-state index < -0.39 is 35.6 Å². The number of halogens is 7. The van der Waals surface area contributed by atoms with Crippen LogP contribution in [0.15, 0.2) is 41.8 Å². The zero-order valence-electron chi connectivity index (χ0n) is 17.7. The van der Waals surface area contributed by atoms with E-state index in [1.54, 1.807) is 6.07 Å². The summed E-state index contributed by atoms with van der Waals surface area (Å²) in [6.45, 7) is 1.71. The molecule has 3 heterocycles. The van der Waals surface area contributed by atoms with Crippen LogP contribution in [0, 0.1) is 5.82 Å². The predicted molar refractivity (Wildman–Crippen MR) is 126 cm³/mol. The Labute approximate surface area is 209 Å². The molecule has 3 N–H and O–H groups in total. The van der Waals surface area contributed by atoms with E-state index in [1.807, 2.05) is 0 Å². The molecule has 0 amide bonds. The lowest BCUT2D eigenvalue weighted by Crippen LogP contribution is -2.60. The largest absolute Gasteiger partial charge is 0.424 e. The van der Waals surface area contributed by atoms with Gasteiger partial charge in [-0.15, -0.1) is 24.8 Å². The Bertz CT molecular complexity index is 1240. The average Bonchev–Trinajstić information content (AvgIpc) is 2.71. The van der Waals surface area contributed by atoms with Crippen molar-refractivity contribution >= 4 is 64.8 Å². The van der Waals surface area contributed by atoms with Crippen molar-refractivity contribution in [3.05, 3.63) is 53.2 Å². The number of nitrogens with one attached hydrogen (secondary N) is 1. The van der Waals surface area contributed by atoms with Crippen molar-refractivity contribution in [2.45, 2.75) is 31.2 Å². The van der Waals surface area contributed by atoms with Crippen LogP contribution >= 0.6 is 36.4 Å². The summed E-state index contributed by atoms with van der Waals surface area (Å²) in [7, 11) is 0. The normalized spacial score (nSPS) is 22.4. The summed E-state index contributed by atoms with van der Waals surface area (Å²) in [4.78, 5) is 16.5. The first-order valence-electron chi connectivity index (χ1n) is 9.33. The minimum absolute atomic E-state index is 0. The number of aliphatic imine (C=N–C) groups is 1. The number of hydrogen-bond donors (Lipinski definition) is 2. The van der Waals surface area contributed by atoms with Gasteiger partial charge in [0.1, 0.15) is 29.0 Å². The highest BCUT2D eigenvalue weighted by molar-refractivity contribution is 6.31. The number of pyridine rings is 1. The van der Waals surface area contributed by atoms with Gasteiger partial charge in [-0.2, -0.15) is 13.2 Å². The molecule has 2 atom stereocenters. The van der Waals surface area contributed by atoms with Crippen molar-refractivity contribution < 1.29 is 22.3 Å². The molecule has 34 heavy (non-hydrogen) atoms. The first-order valence-corrected chi connectivity index (χ1v) is 9.70. The highest BCUT2D eigenvalue weighted by atomic mass is 35.5. The number of nitrogens with zero attached hydrogens (tertiary/aromatic N) is 4. The van der Waals surface area contributed by atoms with Gasteiger partial charge in [-0.3, -0.25) is 4.99 Å². The van der Waals surface area contributed by atoms with E-state index in [4.69, 9.17) is 22.1 Å². The number of aromatic nitrogens is 3. The molecule has 184 valence electrons. The third-order valence-corrected chi connectivity index (χ3v) is 5.50. The zero-order valence-corrected chi connectivity index (χ0v) is 20.0. The van der Waals surface area contributed by atoms with E-state index in [1.165, 1.54) is 37.6 Å². The molecule has 3 aromatic rings. The Hall–Kier alpha value is -2.47. The second-order valence-electron chi connectivity index (χ2n) is 7.65. The average molecular weight is 542 g/mol. The Kier molecular flexibility index (Phi) is 7.88. The molecule has 0 saturated carbocycles. The first kappa shape index (κ1) is 27.8. The van der Waals surface area contributed by atoms with Crippen LogP contribution in [0.5, 0.6) is 0 Å². The minimum Gasteiger partial charge on any atom is -0.385 e. The Balaban J connectivity index is 0.00000204. The van der Waals surface area contributed by atoms with E-state index in [0.717, 1.165) is 6.92 Å². The smallest absolute Gasteiger partial charge is 0.385 e. The second-order valence-corrected chi connectivity index (χ2v) is 8.09. The summed E-state index contributed by atoms with van der Waals surface area (Å²) in [6, 6.07) is 5.64. The van der Waals surface area contributed by atoms with Crippen LogP contribution in [0.1, 0.15) is 19.4 Å². The molecule has 1 aliphatic heterocycles. The Morgan fingerprint density at radius 1 is 1.12 bits per heavy atom. The third kappa shape index (κ3) is 4.83. The summed E-state index contributed by atoms with van der Waals surface area (Å²) in [5.74, 6) is -1.12. The van der Waals surface area contributed by atoms with Gasteiger partial charge in [0, 0.05) is 17.4 Å². The molecule has 0 unspecified atom stereocenters. The molecule has 0 bridgehead atoms. The van der Waals surface area contributed by atoms with E-state index in [-0.39, 0.29) is 30.4 Å². The zero-order chi connectivity index (χ0) is 23.3. The topological polar surface area (TPSA) is 98.3 Å². The first-order chi connectivity index (χ1) is 14.9. The van der Waals surface area contributed by atoms with Crippen molar-refractivity contribution in [3.8, 4) is 0 Å². The maximum Gasteiger partial charge on any atom is 0.424 e. The molecule has 14 heteroatoms. The number of hydrogen-bond acceptors (Lipinski definition) is 7. The Morgan fingerprint density at radius 3 is 2.47 bits per heavy atom. The van der Waals surface area contributed by atoms with Gasteiger partial charge in [0.2, 0.25) is 5.60 Å². The molecule has 2 aromatic heterocycles. The Morgan fingerprint density at radius 2 is 1.82 bits per heavy atom. The monoisotopic (exact) mass is 540 g/mol. The van der Waals surface area contributed by atoms with Gasteiger partial charge in [-0.1, -0.05) is 11.6 Å². The number of anilines is 2. The van der Waals surface area contributed by atoms with E-state index in [9.17, 15) is 17.6 Å². The van der Waals surface area contributed by atoms with Crippen molar-refractivity contribution in [1.29, 1.82) is 0 Å². The van der Waals surface area contributed by atoms with Gasteiger partial charge in [-0.05, 0) is 38.1 Å². The molecule has 1 aliphatic rings. The molecule has 1 aromatic carbocycles.